The number of alkyl halides is 3. The van der Waals surface area contributed by atoms with Gasteiger partial charge in [0, 0.05) is 27.7 Å². The zero-order valence-corrected chi connectivity index (χ0v) is 12.8. The molecule has 3 nitrogen and oxygen atoms in total. The molecule has 0 aliphatic rings. The summed E-state index contributed by atoms with van der Waals surface area (Å²) in [6.07, 6.45) is -2.96. The Hall–Kier alpha value is -1.37. The molecule has 0 radical (unpaired) electrons. The van der Waals surface area contributed by atoms with Crippen molar-refractivity contribution in [2.24, 2.45) is 0 Å². The lowest BCUT2D eigenvalue weighted by atomic mass is 9.78. The van der Waals surface area contributed by atoms with Gasteiger partial charge in [0.25, 0.3) is 0 Å². The van der Waals surface area contributed by atoms with Gasteiger partial charge in [-0.25, -0.2) is 0 Å². The van der Waals surface area contributed by atoms with Gasteiger partial charge in [0.2, 0.25) is 0 Å². The normalized spacial score (nSPS) is 16.1. The third-order valence-corrected chi connectivity index (χ3v) is 4.07. The number of nitrogens with zero attached hydrogens (tertiary/aromatic N) is 2. The van der Waals surface area contributed by atoms with Gasteiger partial charge in [0.05, 0.1) is 6.20 Å². The third kappa shape index (κ3) is 2.91. The lowest BCUT2D eigenvalue weighted by Gasteiger charge is -2.36. The molecule has 0 bridgehead atoms. The molecule has 0 aliphatic heterocycles. The SMILES string of the molecule is CC(c1ccc(Cl)cc1Cl)C(O)(c1ccnnc1)C(F)(F)F. The van der Waals surface area contributed by atoms with Crippen LogP contribution in [0, 0.1) is 0 Å². The van der Waals surface area contributed by atoms with Crippen LogP contribution in [0.2, 0.25) is 10.0 Å². The fourth-order valence-corrected chi connectivity index (χ4v) is 2.83. The fraction of sp³-hybridized carbons (Fsp3) is 0.286. The van der Waals surface area contributed by atoms with Crippen molar-refractivity contribution in [2.45, 2.75) is 24.6 Å². The Bertz CT molecular complexity index is 667. The molecule has 0 saturated carbocycles. The summed E-state index contributed by atoms with van der Waals surface area (Å²) in [6, 6.07) is 5.18. The van der Waals surface area contributed by atoms with Crippen LogP contribution in [0.25, 0.3) is 0 Å². The summed E-state index contributed by atoms with van der Waals surface area (Å²) in [5, 5.41) is 17.6. The van der Waals surface area contributed by atoms with Gasteiger partial charge >= 0.3 is 6.18 Å². The molecule has 0 aliphatic carbocycles. The van der Waals surface area contributed by atoms with Crippen molar-refractivity contribution in [1.29, 1.82) is 0 Å². The van der Waals surface area contributed by atoms with Crippen molar-refractivity contribution >= 4 is 23.2 Å². The van der Waals surface area contributed by atoms with Crippen molar-refractivity contribution in [3.8, 4) is 0 Å². The Morgan fingerprint density at radius 1 is 1.14 bits per heavy atom. The maximum absolute atomic E-state index is 13.6. The summed E-state index contributed by atoms with van der Waals surface area (Å²) in [4.78, 5) is 0. The maximum atomic E-state index is 13.6. The van der Waals surface area contributed by atoms with Gasteiger partial charge in [0.1, 0.15) is 0 Å². The average molecular weight is 351 g/mol. The third-order valence-electron chi connectivity index (χ3n) is 3.51. The lowest BCUT2D eigenvalue weighted by Crippen LogP contribution is -2.46. The van der Waals surface area contributed by atoms with Gasteiger partial charge in [-0.3, -0.25) is 0 Å². The minimum atomic E-state index is -4.93. The van der Waals surface area contributed by atoms with Gasteiger partial charge in [-0.05, 0) is 23.8 Å². The summed E-state index contributed by atoms with van der Waals surface area (Å²) in [7, 11) is 0. The molecule has 1 aromatic heterocycles. The second-order valence-corrected chi connectivity index (χ2v) is 5.63. The van der Waals surface area contributed by atoms with Crippen molar-refractivity contribution in [3.63, 3.8) is 0 Å². The van der Waals surface area contributed by atoms with E-state index in [0.717, 1.165) is 18.5 Å². The minimum Gasteiger partial charge on any atom is -0.376 e. The van der Waals surface area contributed by atoms with E-state index in [4.69, 9.17) is 23.2 Å². The number of rotatable bonds is 3. The highest BCUT2D eigenvalue weighted by Crippen LogP contribution is 2.49. The predicted molar refractivity (Wildman–Crippen MR) is 76.9 cm³/mol. The molecule has 0 spiro atoms. The van der Waals surface area contributed by atoms with Crippen molar-refractivity contribution in [3.05, 3.63) is 57.8 Å². The summed E-state index contributed by atoms with van der Waals surface area (Å²) >= 11 is 11.7. The van der Waals surface area contributed by atoms with Crippen LogP contribution < -0.4 is 0 Å². The molecule has 1 aromatic carbocycles. The predicted octanol–water partition coefficient (Wildman–Crippen LogP) is 4.34. The van der Waals surface area contributed by atoms with Crippen LogP contribution in [-0.2, 0) is 5.60 Å². The van der Waals surface area contributed by atoms with Gasteiger partial charge < -0.3 is 5.11 Å². The maximum Gasteiger partial charge on any atom is 0.422 e. The number of aromatic nitrogens is 2. The highest BCUT2D eigenvalue weighted by molar-refractivity contribution is 6.35. The van der Waals surface area contributed by atoms with Crippen molar-refractivity contribution in [2.75, 3.05) is 0 Å². The van der Waals surface area contributed by atoms with E-state index in [1.165, 1.54) is 25.1 Å². The standard InChI is InChI=1S/C14H11Cl2F3N2O/c1-8(11-3-2-10(15)6-12(11)16)13(22,14(17,18)19)9-4-5-20-21-7-9/h2-8,22H,1H3. The first-order valence-corrected chi connectivity index (χ1v) is 6.94. The molecule has 0 fully saturated rings. The molecule has 2 aromatic rings. The molecule has 2 atom stereocenters. The quantitative estimate of drug-likeness (QED) is 0.895. The van der Waals surface area contributed by atoms with Crippen LogP contribution >= 0.6 is 23.2 Å². The number of hydrogen-bond donors (Lipinski definition) is 1. The first-order chi connectivity index (χ1) is 10.2. The Morgan fingerprint density at radius 2 is 1.82 bits per heavy atom. The number of aliphatic hydroxyl groups is 1. The summed E-state index contributed by atoms with van der Waals surface area (Å²) in [6.45, 7) is 1.24. The molecule has 0 saturated heterocycles. The Balaban J connectivity index is 2.60. The largest absolute Gasteiger partial charge is 0.422 e. The van der Waals surface area contributed by atoms with E-state index in [2.05, 4.69) is 10.2 Å². The van der Waals surface area contributed by atoms with Crippen molar-refractivity contribution in [1.82, 2.24) is 10.2 Å². The summed E-state index contributed by atoms with van der Waals surface area (Å²) < 4.78 is 40.7. The van der Waals surface area contributed by atoms with Crippen LogP contribution in [0.4, 0.5) is 13.2 Å². The first kappa shape index (κ1) is 17.0. The van der Waals surface area contributed by atoms with Crippen LogP contribution in [0.1, 0.15) is 24.0 Å². The smallest absolute Gasteiger partial charge is 0.376 e. The van der Waals surface area contributed by atoms with E-state index in [9.17, 15) is 18.3 Å². The second-order valence-electron chi connectivity index (χ2n) is 4.78. The lowest BCUT2D eigenvalue weighted by molar-refractivity contribution is -0.274. The Kier molecular flexibility index (Phi) is 4.65. The van der Waals surface area contributed by atoms with E-state index >= 15 is 0 Å². The molecule has 2 rings (SSSR count). The number of hydrogen-bond acceptors (Lipinski definition) is 3. The fourth-order valence-electron chi connectivity index (χ4n) is 2.25. The molecule has 118 valence electrons. The zero-order chi connectivity index (χ0) is 16.5. The molecular weight excluding hydrogens is 340 g/mol. The van der Waals surface area contributed by atoms with Gasteiger partial charge in [-0.2, -0.15) is 23.4 Å². The number of halogens is 5. The van der Waals surface area contributed by atoms with Crippen LogP contribution in [-0.4, -0.2) is 21.5 Å². The van der Waals surface area contributed by atoms with E-state index in [1.54, 1.807) is 0 Å². The van der Waals surface area contributed by atoms with Crippen LogP contribution in [0.3, 0.4) is 0 Å². The van der Waals surface area contributed by atoms with E-state index in [1.807, 2.05) is 0 Å². The van der Waals surface area contributed by atoms with Gasteiger partial charge in [0.15, 0.2) is 5.60 Å². The molecule has 1 N–H and O–H groups in total. The molecule has 22 heavy (non-hydrogen) atoms. The first-order valence-electron chi connectivity index (χ1n) is 6.19. The minimum absolute atomic E-state index is 0.0460. The Morgan fingerprint density at radius 3 is 2.32 bits per heavy atom. The number of benzene rings is 1. The van der Waals surface area contributed by atoms with Crippen LogP contribution in [0.5, 0.6) is 0 Å². The highest BCUT2D eigenvalue weighted by atomic mass is 35.5. The highest BCUT2D eigenvalue weighted by Gasteiger charge is 2.59. The van der Waals surface area contributed by atoms with Gasteiger partial charge in [-0.15, -0.1) is 0 Å². The Labute approximate surface area is 134 Å². The monoisotopic (exact) mass is 350 g/mol. The van der Waals surface area contributed by atoms with Crippen molar-refractivity contribution < 1.29 is 18.3 Å². The topological polar surface area (TPSA) is 46.0 Å². The molecule has 2 unspecified atom stereocenters. The summed E-state index contributed by atoms with van der Waals surface area (Å²) in [5.74, 6) is -1.37. The van der Waals surface area contributed by atoms with E-state index in [0.29, 0.717) is 5.02 Å². The van der Waals surface area contributed by atoms with Crippen LogP contribution in [0.15, 0.2) is 36.7 Å². The zero-order valence-electron chi connectivity index (χ0n) is 11.3. The summed E-state index contributed by atoms with van der Waals surface area (Å²) in [5.41, 5.74) is -3.43. The molecule has 1 heterocycles. The van der Waals surface area contributed by atoms with Gasteiger partial charge in [-0.1, -0.05) is 36.2 Å². The molecule has 8 heteroatoms. The molecule has 0 amide bonds. The van der Waals surface area contributed by atoms with E-state index in [-0.39, 0.29) is 10.6 Å². The second kappa shape index (κ2) is 6.02. The average Bonchev–Trinajstić information content (AvgIpc) is 2.45. The molecular formula is C14H11Cl2F3N2O. The van der Waals surface area contributed by atoms with E-state index < -0.39 is 23.3 Å².